The van der Waals surface area contributed by atoms with Gasteiger partial charge in [0.25, 0.3) is 0 Å². The van der Waals surface area contributed by atoms with Crippen molar-refractivity contribution in [1.82, 2.24) is 4.98 Å². The Hall–Kier alpha value is -1.46. The Kier molecular flexibility index (Phi) is 3.40. The first kappa shape index (κ1) is 12.0. The zero-order valence-corrected chi connectivity index (χ0v) is 10.1. The van der Waals surface area contributed by atoms with Crippen LogP contribution in [-0.4, -0.2) is 17.2 Å². The van der Waals surface area contributed by atoms with Gasteiger partial charge in [-0.3, -0.25) is 9.78 Å². The molecule has 0 saturated carbocycles. The molecule has 1 unspecified atom stereocenters. The van der Waals surface area contributed by atoms with Crippen molar-refractivity contribution in [2.45, 2.75) is 40.3 Å². The number of rotatable bonds is 1. The minimum atomic E-state index is -0.360. The van der Waals surface area contributed by atoms with Gasteiger partial charge in [-0.2, -0.15) is 0 Å². The lowest BCUT2D eigenvalue weighted by atomic mass is 10.1. The Balaban J connectivity index is 2.41. The van der Waals surface area contributed by atoms with Crippen LogP contribution >= 0.6 is 0 Å². The molecule has 0 aromatic carbocycles. The summed E-state index contributed by atoms with van der Waals surface area (Å²) in [5.41, 5.74) is 2.42. The second kappa shape index (κ2) is 4.81. The highest BCUT2D eigenvalue weighted by molar-refractivity contribution is 5.70. The lowest BCUT2D eigenvalue weighted by molar-refractivity contribution is -0.136. The summed E-state index contributed by atoms with van der Waals surface area (Å²) in [7, 11) is 0. The zero-order valence-electron chi connectivity index (χ0n) is 10.1. The summed E-state index contributed by atoms with van der Waals surface area (Å²) in [5.74, 6) is 0.134. The Morgan fingerprint density at radius 1 is 1.47 bits per heavy atom. The van der Waals surface area contributed by atoms with E-state index in [4.69, 9.17) is 14.2 Å². The van der Waals surface area contributed by atoms with Crippen molar-refractivity contribution in [1.29, 1.82) is 0 Å². The number of aromatic nitrogens is 1. The van der Waals surface area contributed by atoms with E-state index in [-0.39, 0.29) is 12.3 Å². The molecule has 0 spiro atoms. The van der Waals surface area contributed by atoms with E-state index in [1.807, 2.05) is 6.92 Å². The number of esters is 1. The van der Waals surface area contributed by atoms with E-state index < -0.39 is 0 Å². The summed E-state index contributed by atoms with van der Waals surface area (Å²) in [4.78, 5) is 15.3. The molecule has 1 aromatic heterocycles. The summed E-state index contributed by atoms with van der Waals surface area (Å²) >= 11 is 0. The van der Waals surface area contributed by atoms with Crippen LogP contribution in [0.2, 0.25) is 0 Å². The van der Waals surface area contributed by atoms with Gasteiger partial charge < -0.3 is 14.2 Å². The maximum atomic E-state index is 11.1. The molecule has 0 aliphatic carbocycles. The van der Waals surface area contributed by atoms with E-state index in [9.17, 15) is 4.79 Å². The van der Waals surface area contributed by atoms with E-state index in [1.165, 1.54) is 6.92 Å². The van der Waals surface area contributed by atoms with Crippen LogP contribution in [0.1, 0.15) is 30.7 Å². The molecule has 17 heavy (non-hydrogen) atoms. The predicted octanol–water partition coefficient (Wildman–Crippen LogP) is 1.71. The maximum absolute atomic E-state index is 11.1. The highest BCUT2D eigenvalue weighted by Crippen LogP contribution is 2.29. The van der Waals surface area contributed by atoms with Crippen molar-refractivity contribution in [2.75, 3.05) is 0 Å². The first-order chi connectivity index (χ1) is 8.08. The first-order valence-electron chi connectivity index (χ1n) is 5.47. The lowest BCUT2D eigenvalue weighted by Gasteiger charge is -2.12. The van der Waals surface area contributed by atoms with Gasteiger partial charge in [0, 0.05) is 24.2 Å². The fourth-order valence-corrected chi connectivity index (χ4v) is 1.69. The number of carbonyl (C=O) groups excluding carboxylic acids is 1. The largest absolute Gasteiger partial charge is 0.424 e. The molecular weight excluding hydrogens is 222 g/mol. The second-order valence-corrected chi connectivity index (χ2v) is 3.96. The smallest absolute Gasteiger partial charge is 0.308 e. The van der Waals surface area contributed by atoms with Crippen LogP contribution in [0.3, 0.4) is 0 Å². The molecule has 1 aliphatic rings. The molecule has 5 heteroatoms. The highest BCUT2D eigenvalue weighted by Gasteiger charge is 2.20. The van der Waals surface area contributed by atoms with E-state index >= 15 is 0 Å². The summed E-state index contributed by atoms with van der Waals surface area (Å²) < 4.78 is 16.1. The van der Waals surface area contributed by atoms with Crippen LogP contribution in [0, 0.1) is 6.92 Å². The standard InChI is InChI=1S/C12H15NO4/c1-7-12(17-8(2)14)11-6-16-9(3)15-5-10(11)4-13-7/h4,9H,5-6H2,1-3H3. The molecule has 0 bridgehead atoms. The SMILES string of the molecule is CC(=O)Oc1c(C)ncc2c1COC(C)OC2. The van der Waals surface area contributed by atoms with Gasteiger partial charge in [-0.05, 0) is 13.8 Å². The molecule has 92 valence electrons. The number of ether oxygens (including phenoxy) is 3. The minimum absolute atomic E-state index is 0.270. The molecule has 1 aromatic rings. The van der Waals surface area contributed by atoms with Crippen molar-refractivity contribution in [3.05, 3.63) is 23.0 Å². The van der Waals surface area contributed by atoms with E-state index in [1.54, 1.807) is 13.1 Å². The maximum Gasteiger partial charge on any atom is 0.308 e. The molecule has 1 atom stereocenters. The third kappa shape index (κ3) is 2.62. The minimum Gasteiger partial charge on any atom is -0.424 e. The van der Waals surface area contributed by atoms with E-state index in [2.05, 4.69) is 4.98 Å². The zero-order chi connectivity index (χ0) is 12.4. The molecule has 5 nitrogen and oxygen atoms in total. The molecule has 1 aliphatic heterocycles. The van der Waals surface area contributed by atoms with Crippen molar-refractivity contribution >= 4 is 5.97 Å². The van der Waals surface area contributed by atoms with Crippen LogP contribution in [-0.2, 0) is 27.5 Å². The van der Waals surface area contributed by atoms with E-state index in [0.717, 1.165) is 11.1 Å². The van der Waals surface area contributed by atoms with Crippen molar-refractivity contribution in [2.24, 2.45) is 0 Å². The van der Waals surface area contributed by atoms with Gasteiger partial charge in [-0.15, -0.1) is 0 Å². The Labute approximate surface area is 99.7 Å². The fourth-order valence-electron chi connectivity index (χ4n) is 1.69. The highest BCUT2D eigenvalue weighted by atomic mass is 16.7. The van der Waals surface area contributed by atoms with Crippen LogP contribution < -0.4 is 4.74 Å². The molecule has 0 N–H and O–H groups in total. The monoisotopic (exact) mass is 237 g/mol. The molecule has 0 saturated heterocycles. The van der Waals surface area contributed by atoms with Crippen molar-refractivity contribution in [3.8, 4) is 5.75 Å². The van der Waals surface area contributed by atoms with Gasteiger partial charge in [-0.1, -0.05) is 0 Å². The number of carbonyl (C=O) groups is 1. The fraction of sp³-hybridized carbons (Fsp3) is 0.500. The Morgan fingerprint density at radius 2 is 2.18 bits per heavy atom. The number of aryl methyl sites for hydroxylation is 1. The Bertz CT molecular complexity index is 444. The van der Waals surface area contributed by atoms with E-state index in [0.29, 0.717) is 24.7 Å². The summed E-state index contributed by atoms with van der Waals surface area (Å²) in [6.07, 6.45) is 1.46. The van der Waals surface area contributed by atoms with Gasteiger partial charge >= 0.3 is 5.97 Å². The average Bonchev–Trinajstić information content (AvgIpc) is 2.45. The topological polar surface area (TPSA) is 57.7 Å². The predicted molar refractivity (Wildman–Crippen MR) is 59.3 cm³/mol. The van der Waals surface area contributed by atoms with Gasteiger partial charge in [0.2, 0.25) is 0 Å². The molecule has 0 amide bonds. The number of pyridine rings is 1. The van der Waals surface area contributed by atoms with Crippen LogP contribution in [0.15, 0.2) is 6.20 Å². The third-order valence-electron chi connectivity index (χ3n) is 2.59. The lowest BCUT2D eigenvalue weighted by Crippen LogP contribution is -2.09. The summed E-state index contributed by atoms with van der Waals surface area (Å²) in [6, 6.07) is 0. The summed E-state index contributed by atoms with van der Waals surface area (Å²) in [5, 5.41) is 0. The Morgan fingerprint density at radius 3 is 2.88 bits per heavy atom. The molecule has 0 radical (unpaired) electrons. The van der Waals surface area contributed by atoms with Crippen LogP contribution in [0.4, 0.5) is 0 Å². The van der Waals surface area contributed by atoms with Gasteiger partial charge in [0.05, 0.1) is 18.9 Å². The van der Waals surface area contributed by atoms with Crippen LogP contribution in [0.5, 0.6) is 5.75 Å². The van der Waals surface area contributed by atoms with Crippen molar-refractivity contribution < 1.29 is 19.0 Å². The molecule has 0 fully saturated rings. The number of hydrogen-bond donors (Lipinski definition) is 0. The molecule has 2 heterocycles. The normalized spacial score (nSPS) is 19.4. The molecular formula is C12H15NO4. The molecule has 2 rings (SSSR count). The van der Waals surface area contributed by atoms with Gasteiger partial charge in [0.15, 0.2) is 12.0 Å². The number of nitrogens with zero attached hydrogens (tertiary/aromatic N) is 1. The third-order valence-corrected chi connectivity index (χ3v) is 2.59. The number of fused-ring (bicyclic) bond motifs is 1. The van der Waals surface area contributed by atoms with Crippen LogP contribution in [0.25, 0.3) is 0 Å². The number of hydrogen-bond acceptors (Lipinski definition) is 5. The van der Waals surface area contributed by atoms with Crippen molar-refractivity contribution in [3.63, 3.8) is 0 Å². The first-order valence-corrected chi connectivity index (χ1v) is 5.47. The quantitative estimate of drug-likeness (QED) is 0.696. The summed E-state index contributed by atoms with van der Waals surface area (Å²) in [6.45, 7) is 5.78. The van der Waals surface area contributed by atoms with Gasteiger partial charge in [0.1, 0.15) is 0 Å². The second-order valence-electron chi connectivity index (χ2n) is 3.96. The average molecular weight is 237 g/mol. The van der Waals surface area contributed by atoms with Gasteiger partial charge in [-0.25, -0.2) is 0 Å².